The molecule has 0 rings (SSSR count). The van der Waals surface area contributed by atoms with E-state index in [1.54, 1.807) is 0 Å². The maximum atomic E-state index is 10.4. The molecule has 0 fully saturated rings. The lowest BCUT2D eigenvalue weighted by atomic mass is 10.0. The fourth-order valence-corrected chi connectivity index (χ4v) is 1.38. The van der Waals surface area contributed by atoms with Gasteiger partial charge in [0.15, 0.2) is 0 Å². The molecule has 0 aliphatic carbocycles. The van der Waals surface area contributed by atoms with E-state index in [0.717, 1.165) is 18.8 Å². The van der Waals surface area contributed by atoms with Crippen LogP contribution in [0.2, 0.25) is 0 Å². The molecule has 13 heavy (non-hydrogen) atoms. The van der Waals surface area contributed by atoms with Gasteiger partial charge >= 0.3 is 0 Å². The Labute approximate surface area is 81.9 Å². The van der Waals surface area contributed by atoms with Crippen molar-refractivity contribution in [3.63, 3.8) is 0 Å². The summed E-state index contributed by atoms with van der Waals surface area (Å²) in [4.78, 5) is 10.4. The van der Waals surface area contributed by atoms with Gasteiger partial charge in [0.1, 0.15) is 0 Å². The van der Waals surface area contributed by atoms with E-state index in [2.05, 4.69) is 13.8 Å². The van der Waals surface area contributed by atoms with Gasteiger partial charge in [-0.2, -0.15) is 0 Å². The molecule has 0 bridgehead atoms. The normalized spacial score (nSPS) is 10.7. The third kappa shape index (κ3) is 11.5. The van der Waals surface area contributed by atoms with Crippen LogP contribution in [0, 0.1) is 5.92 Å². The van der Waals surface area contributed by atoms with Gasteiger partial charge in [-0.1, -0.05) is 46.0 Å². The fraction of sp³-hybridized carbons (Fsp3) is 0.909. The largest absolute Gasteiger partial charge is 0.370 e. The minimum Gasteiger partial charge on any atom is -0.370 e. The lowest BCUT2D eigenvalue weighted by molar-refractivity contribution is -0.118. The highest BCUT2D eigenvalue weighted by molar-refractivity contribution is 5.73. The van der Waals surface area contributed by atoms with Crippen LogP contribution >= 0.6 is 0 Å². The van der Waals surface area contributed by atoms with Crippen molar-refractivity contribution in [2.75, 3.05) is 0 Å². The first-order valence-corrected chi connectivity index (χ1v) is 5.41. The summed E-state index contributed by atoms with van der Waals surface area (Å²) in [5, 5.41) is 0. The quantitative estimate of drug-likeness (QED) is 0.580. The summed E-state index contributed by atoms with van der Waals surface area (Å²) in [5.41, 5.74) is 5.03. The maximum Gasteiger partial charge on any atom is 0.217 e. The lowest BCUT2D eigenvalue weighted by Gasteiger charge is -2.03. The van der Waals surface area contributed by atoms with Crippen LogP contribution in [0.25, 0.3) is 0 Å². The average Bonchev–Trinajstić information content (AvgIpc) is 2.01. The molecule has 0 radical (unpaired) electrons. The second-order valence-corrected chi connectivity index (χ2v) is 4.17. The molecule has 0 aromatic carbocycles. The van der Waals surface area contributed by atoms with Crippen LogP contribution in [0.4, 0.5) is 0 Å². The summed E-state index contributed by atoms with van der Waals surface area (Å²) in [6.07, 6.45) is 7.89. The Balaban J connectivity index is 2.96. The standard InChI is InChI=1S/C11H23NO/c1-10(2)8-6-4-3-5-7-9-11(12)13/h10H,3-9H2,1-2H3,(H2,12,13). The van der Waals surface area contributed by atoms with Crippen LogP contribution in [0.5, 0.6) is 0 Å². The molecule has 0 aliphatic rings. The zero-order valence-electron chi connectivity index (χ0n) is 9.01. The van der Waals surface area contributed by atoms with Gasteiger partial charge in [0.2, 0.25) is 5.91 Å². The average molecular weight is 185 g/mol. The highest BCUT2D eigenvalue weighted by atomic mass is 16.1. The number of hydrogen-bond donors (Lipinski definition) is 1. The molecule has 0 spiro atoms. The third-order valence-corrected chi connectivity index (χ3v) is 2.20. The number of carbonyl (C=O) groups excluding carboxylic acids is 1. The van der Waals surface area contributed by atoms with Crippen molar-refractivity contribution < 1.29 is 4.79 Å². The molecule has 1 amide bonds. The second kappa shape index (κ2) is 8.09. The molecule has 2 N–H and O–H groups in total. The van der Waals surface area contributed by atoms with Crippen molar-refractivity contribution >= 4 is 5.91 Å². The van der Waals surface area contributed by atoms with Crippen LogP contribution in [0.3, 0.4) is 0 Å². The van der Waals surface area contributed by atoms with E-state index in [4.69, 9.17) is 5.73 Å². The van der Waals surface area contributed by atoms with Crippen LogP contribution in [-0.2, 0) is 4.79 Å². The number of hydrogen-bond acceptors (Lipinski definition) is 1. The highest BCUT2D eigenvalue weighted by Crippen LogP contribution is 2.10. The minimum absolute atomic E-state index is 0.165. The van der Waals surface area contributed by atoms with E-state index in [1.807, 2.05) is 0 Å². The first kappa shape index (κ1) is 12.5. The summed E-state index contributed by atoms with van der Waals surface area (Å²) < 4.78 is 0. The van der Waals surface area contributed by atoms with Gasteiger partial charge in [-0.3, -0.25) is 4.79 Å². The molecule has 78 valence electrons. The molecule has 0 aliphatic heterocycles. The highest BCUT2D eigenvalue weighted by Gasteiger charge is 1.96. The van der Waals surface area contributed by atoms with Crippen LogP contribution < -0.4 is 5.73 Å². The third-order valence-electron chi connectivity index (χ3n) is 2.20. The van der Waals surface area contributed by atoms with E-state index < -0.39 is 0 Å². The zero-order valence-corrected chi connectivity index (χ0v) is 9.01. The fourth-order valence-electron chi connectivity index (χ4n) is 1.38. The molecule has 0 unspecified atom stereocenters. The number of nitrogens with two attached hydrogens (primary N) is 1. The molecule has 0 saturated heterocycles. The SMILES string of the molecule is CC(C)CCCCCCCC(N)=O. The number of primary amides is 1. The molecule has 0 atom stereocenters. The van der Waals surface area contributed by atoms with Crippen LogP contribution in [0.15, 0.2) is 0 Å². The van der Waals surface area contributed by atoms with Gasteiger partial charge in [0, 0.05) is 6.42 Å². The topological polar surface area (TPSA) is 43.1 Å². The molecular weight excluding hydrogens is 162 g/mol. The van der Waals surface area contributed by atoms with Gasteiger partial charge in [-0.25, -0.2) is 0 Å². The molecule has 0 aromatic heterocycles. The first-order chi connectivity index (χ1) is 6.13. The van der Waals surface area contributed by atoms with Crippen LogP contribution in [-0.4, -0.2) is 5.91 Å². The molecule has 2 nitrogen and oxygen atoms in total. The molecule has 0 aromatic rings. The van der Waals surface area contributed by atoms with Gasteiger partial charge in [0.05, 0.1) is 0 Å². The Kier molecular flexibility index (Phi) is 7.76. The van der Waals surface area contributed by atoms with Gasteiger partial charge in [-0.15, -0.1) is 0 Å². The first-order valence-electron chi connectivity index (χ1n) is 5.41. The maximum absolute atomic E-state index is 10.4. The Morgan fingerprint density at radius 1 is 1.08 bits per heavy atom. The van der Waals surface area contributed by atoms with E-state index in [-0.39, 0.29) is 5.91 Å². The van der Waals surface area contributed by atoms with Crippen molar-refractivity contribution in [1.82, 2.24) is 0 Å². The summed E-state index contributed by atoms with van der Waals surface area (Å²) in [6.45, 7) is 4.51. The minimum atomic E-state index is -0.165. The van der Waals surface area contributed by atoms with Crippen molar-refractivity contribution in [1.29, 1.82) is 0 Å². The van der Waals surface area contributed by atoms with Crippen molar-refractivity contribution in [2.45, 2.75) is 58.8 Å². The predicted molar refractivity (Wildman–Crippen MR) is 56.4 cm³/mol. The molecule has 0 heterocycles. The van der Waals surface area contributed by atoms with Crippen molar-refractivity contribution in [3.8, 4) is 0 Å². The van der Waals surface area contributed by atoms with Crippen molar-refractivity contribution in [2.24, 2.45) is 11.7 Å². The molecule has 2 heteroatoms. The Morgan fingerprint density at radius 2 is 1.62 bits per heavy atom. The number of rotatable bonds is 8. The van der Waals surface area contributed by atoms with E-state index >= 15 is 0 Å². The lowest BCUT2D eigenvalue weighted by Crippen LogP contribution is -2.09. The number of amides is 1. The molecule has 0 saturated carbocycles. The Hall–Kier alpha value is -0.530. The van der Waals surface area contributed by atoms with Gasteiger partial charge < -0.3 is 5.73 Å². The van der Waals surface area contributed by atoms with Crippen LogP contribution in [0.1, 0.15) is 58.8 Å². The number of carbonyl (C=O) groups is 1. The molecular formula is C11H23NO. The number of unbranched alkanes of at least 4 members (excludes halogenated alkanes) is 4. The second-order valence-electron chi connectivity index (χ2n) is 4.17. The summed E-state index contributed by atoms with van der Waals surface area (Å²) in [7, 11) is 0. The Morgan fingerprint density at radius 3 is 2.15 bits per heavy atom. The van der Waals surface area contributed by atoms with Crippen molar-refractivity contribution in [3.05, 3.63) is 0 Å². The summed E-state index contributed by atoms with van der Waals surface area (Å²) >= 11 is 0. The van der Waals surface area contributed by atoms with E-state index in [9.17, 15) is 4.79 Å². The predicted octanol–water partition coefficient (Wildman–Crippen LogP) is 2.86. The monoisotopic (exact) mass is 185 g/mol. The smallest absolute Gasteiger partial charge is 0.217 e. The zero-order chi connectivity index (χ0) is 10.1. The van der Waals surface area contributed by atoms with Gasteiger partial charge in [0.25, 0.3) is 0 Å². The Bertz CT molecular complexity index is 132. The van der Waals surface area contributed by atoms with E-state index in [0.29, 0.717) is 6.42 Å². The van der Waals surface area contributed by atoms with E-state index in [1.165, 1.54) is 25.7 Å². The summed E-state index contributed by atoms with van der Waals surface area (Å²) in [6, 6.07) is 0. The summed E-state index contributed by atoms with van der Waals surface area (Å²) in [5.74, 6) is 0.660. The van der Waals surface area contributed by atoms with Gasteiger partial charge in [-0.05, 0) is 12.3 Å².